The lowest BCUT2D eigenvalue weighted by molar-refractivity contribution is -0.0322. The number of hydrogen-bond acceptors (Lipinski definition) is 3. The van der Waals surface area contributed by atoms with Crippen LogP contribution >= 0.6 is 0 Å². The normalized spacial score (nSPS) is 40.7. The van der Waals surface area contributed by atoms with Crippen LogP contribution in [0.2, 0.25) is 0 Å². The first-order chi connectivity index (χ1) is 4.34. The van der Waals surface area contributed by atoms with Crippen molar-refractivity contribution in [2.75, 3.05) is 6.61 Å². The third-order valence-electron chi connectivity index (χ3n) is 1.54. The molecule has 1 saturated heterocycles. The Hall–Kier alpha value is -0.540. The van der Waals surface area contributed by atoms with Crippen molar-refractivity contribution in [3.8, 4) is 0 Å². The molecule has 2 heterocycles. The summed E-state index contributed by atoms with van der Waals surface area (Å²) in [5, 5.41) is 8.99. The zero-order chi connectivity index (χ0) is 6.27. The second-order valence-electron chi connectivity index (χ2n) is 2.32. The summed E-state index contributed by atoms with van der Waals surface area (Å²) in [5.74, 6) is 0.397. The Bertz CT molecular complexity index is 152. The maximum atomic E-state index is 8.99. The van der Waals surface area contributed by atoms with Gasteiger partial charge >= 0.3 is 0 Å². The smallest absolute Gasteiger partial charge is 0.180 e. The summed E-state index contributed by atoms with van der Waals surface area (Å²) in [4.78, 5) is 0. The van der Waals surface area contributed by atoms with Crippen LogP contribution in [0.3, 0.4) is 0 Å². The molecule has 2 bridgehead atoms. The number of aliphatic hydroxyl groups is 1. The molecule has 0 aromatic heterocycles. The van der Waals surface area contributed by atoms with Gasteiger partial charge in [0.2, 0.25) is 0 Å². The van der Waals surface area contributed by atoms with Gasteiger partial charge in [0.05, 0.1) is 18.5 Å². The van der Waals surface area contributed by atoms with Crippen molar-refractivity contribution in [2.24, 2.45) is 0 Å². The van der Waals surface area contributed by atoms with Crippen LogP contribution in [0.1, 0.15) is 6.42 Å². The SMILES string of the molecule is OC1=CC2OCC(C1)O2. The molecule has 0 radical (unpaired) electrons. The Balaban J connectivity index is 2.19. The molecule has 50 valence electrons. The van der Waals surface area contributed by atoms with E-state index in [0.717, 1.165) is 0 Å². The molecule has 2 unspecified atom stereocenters. The predicted octanol–water partition coefficient (Wildman–Crippen LogP) is 0.573. The van der Waals surface area contributed by atoms with Gasteiger partial charge in [-0.2, -0.15) is 0 Å². The minimum atomic E-state index is -0.274. The molecule has 0 amide bonds. The molecular formula is C6H8O3. The number of hydrogen-bond donors (Lipinski definition) is 1. The fourth-order valence-electron chi connectivity index (χ4n) is 1.12. The zero-order valence-electron chi connectivity index (χ0n) is 4.91. The lowest BCUT2D eigenvalue weighted by Gasteiger charge is -2.13. The Morgan fingerprint density at radius 1 is 1.67 bits per heavy atom. The molecule has 2 atom stereocenters. The topological polar surface area (TPSA) is 38.7 Å². The van der Waals surface area contributed by atoms with Crippen molar-refractivity contribution in [1.82, 2.24) is 0 Å². The highest BCUT2D eigenvalue weighted by molar-refractivity contribution is 5.02. The van der Waals surface area contributed by atoms with Gasteiger partial charge in [-0.25, -0.2) is 0 Å². The van der Waals surface area contributed by atoms with Crippen LogP contribution in [0, 0.1) is 0 Å². The van der Waals surface area contributed by atoms with Gasteiger partial charge in [0.15, 0.2) is 6.29 Å². The lowest BCUT2D eigenvalue weighted by Crippen LogP contribution is -2.17. The van der Waals surface area contributed by atoms with Gasteiger partial charge < -0.3 is 14.6 Å². The van der Waals surface area contributed by atoms with Gasteiger partial charge in [-0.05, 0) is 0 Å². The Morgan fingerprint density at radius 3 is 3.33 bits per heavy atom. The maximum absolute atomic E-state index is 8.99. The maximum Gasteiger partial charge on any atom is 0.180 e. The number of fused-ring (bicyclic) bond motifs is 2. The second kappa shape index (κ2) is 1.72. The zero-order valence-corrected chi connectivity index (χ0v) is 4.91. The van der Waals surface area contributed by atoms with Crippen LogP contribution in [-0.4, -0.2) is 24.1 Å². The van der Waals surface area contributed by atoms with E-state index in [9.17, 15) is 0 Å². The fraction of sp³-hybridized carbons (Fsp3) is 0.667. The third-order valence-corrected chi connectivity index (χ3v) is 1.54. The van der Waals surface area contributed by atoms with E-state index in [1.807, 2.05) is 0 Å². The van der Waals surface area contributed by atoms with Gasteiger partial charge in [0.1, 0.15) is 0 Å². The molecule has 1 N–H and O–H groups in total. The second-order valence-corrected chi connectivity index (χ2v) is 2.32. The molecule has 0 aromatic carbocycles. The van der Waals surface area contributed by atoms with Gasteiger partial charge in [-0.15, -0.1) is 0 Å². The van der Waals surface area contributed by atoms with Crippen molar-refractivity contribution >= 4 is 0 Å². The quantitative estimate of drug-likeness (QED) is 0.518. The van der Waals surface area contributed by atoms with Crippen molar-refractivity contribution < 1.29 is 14.6 Å². The summed E-state index contributed by atoms with van der Waals surface area (Å²) in [5.41, 5.74) is 0. The van der Waals surface area contributed by atoms with Gasteiger partial charge in [-0.1, -0.05) is 0 Å². The number of rotatable bonds is 0. The monoisotopic (exact) mass is 128 g/mol. The minimum absolute atomic E-state index is 0.0972. The molecule has 3 nitrogen and oxygen atoms in total. The first-order valence-electron chi connectivity index (χ1n) is 3.01. The van der Waals surface area contributed by atoms with E-state index >= 15 is 0 Å². The van der Waals surface area contributed by atoms with E-state index in [2.05, 4.69) is 0 Å². The highest BCUT2D eigenvalue weighted by Crippen LogP contribution is 2.24. The molecular weight excluding hydrogens is 120 g/mol. The molecule has 2 rings (SSSR count). The average molecular weight is 128 g/mol. The van der Waals surface area contributed by atoms with Crippen LogP contribution in [-0.2, 0) is 9.47 Å². The van der Waals surface area contributed by atoms with E-state index in [0.29, 0.717) is 18.8 Å². The molecule has 2 aliphatic heterocycles. The highest BCUT2D eigenvalue weighted by atomic mass is 16.7. The van der Waals surface area contributed by atoms with Crippen molar-refractivity contribution in [1.29, 1.82) is 0 Å². The molecule has 0 spiro atoms. The molecule has 0 aromatic rings. The molecule has 0 aliphatic carbocycles. The minimum Gasteiger partial charge on any atom is -0.512 e. The average Bonchev–Trinajstić information content (AvgIpc) is 2.11. The van der Waals surface area contributed by atoms with Gasteiger partial charge in [0.25, 0.3) is 0 Å². The van der Waals surface area contributed by atoms with Crippen LogP contribution in [0.5, 0.6) is 0 Å². The lowest BCUT2D eigenvalue weighted by atomic mass is 10.2. The van der Waals surface area contributed by atoms with E-state index in [4.69, 9.17) is 14.6 Å². The van der Waals surface area contributed by atoms with Crippen LogP contribution in [0.15, 0.2) is 11.8 Å². The molecule has 2 aliphatic rings. The third kappa shape index (κ3) is 0.821. The summed E-state index contributed by atoms with van der Waals surface area (Å²) in [7, 11) is 0. The van der Waals surface area contributed by atoms with Crippen molar-refractivity contribution in [3.05, 3.63) is 11.8 Å². The standard InChI is InChI=1S/C6H8O3/c7-4-1-5-3-8-6(2-4)9-5/h2,5-7H,1,3H2. The van der Waals surface area contributed by atoms with Crippen LogP contribution in [0.25, 0.3) is 0 Å². The molecule has 0 saturated carbocycles. The molecule has 9 heavy (non-hydrogen) atoms. The summed E-state index contributed by atoms with van der Waals surface area (Å²) >= 11 is 0. The summed E-state index contributed by atoms with van der Waals surface area (Å²) in [6.07, 6.45) is 2.03. The fourth-order valence-corrected chi connectivity index (χ4v) is 1.12. The Labute approximate surface area is 52.9 Å². The van der Waals surface area contributed by atoms with Gasteiger partial charge in [0, 0.05) is 12.5 Å². The van der Waals surface area contributed by atoms with Crippen LogP contribution < -0.4 is 0 Å². The summed E-state index contributed by atoms with van der Waals surface area (Å²) < 4.78 is 10.3. The van der Waals surface area contributed by atoms with E-state index in [1.165, 1.54) is 0 Å². The van der Waals surface area contributed by atoms with Crippen molar-refractivity contribution in [3.63, 3.8) is 0 Å². The van der Waals surface area contributed by atoms with E-state index in [-0.39, 0.29) is 12.4 Å². The number of aliphatic hydroxyl groups excluding tert-OH is 1. The Kier molecular flexibility index (Phi) is 1.00. The molecule has 1 fully saturated rings. The summed E-state index contributed by atoms with van der Waals surface area (Å²) in [6.45, 7) is 0.616. The van der Waals surface area contributed by atoms with Crippen molar-refractivity contribution in [2.45, 2.75) is 18.8 Å². The highest BCUT2D eigenvalue weighted by Gasteiger charge is 2.29. The largest absolute Gasteiger partial charge is 0.512 e. The van der Waals surface area contributed by atoms with E-state index < -0.39 is 0 Å². The Morgan fingerprint density at radius 2 is 2.56 bits per heavy atom. The predicted molar refractivity (Wildman–Crippen MR) is 29.9 cm³/mol. The summed E-state index contributed by atoms with van der Waals surface area (Å²) in [6, 6.07) is 0. The first-order valence-corrected chi connectivity index (χ1v) is 3.01. The van der Waals surface area contributed by atoms with Gasteiger partial charge in [-0.3, -0.25) is 0 Å². The number of ether oxygens (including phenoxy) is 2. The molecule has 3 heteroatoms. The van der Waals surface area contributed by atoms with E-state index in [1.54, 1.807) is 6.08 Å². The first kappa shape index (κ1) is 5.26. The van der Waals surface area contributed by atoms with Crippen LogP contribution in [0.4, 0.5) is 0 Å².